The number of hydrogen-bond acceptors (Lipinski definition) is 3. The molecule has 0 radical (unpaired) electrons. The molecule has 0 N–H and O–H groups in total. The smallest absolute Gasteiger partial charge is 0.545 e. The summed E-state index contributed by atoms with van der Waals surface area (Å²) in [5.74, 6) is -0.809. The van der Waals surface area contributed by atoms with Crippen LogP contribution in [-0.4, -0.2) is 5.97 Å². The van der Waals surface area contributed by atoms with Gasteiger partial charge in [-0.15, -0.1) is 0 Å². The molecule has 1 rings (SSSR count). The van der Waals surface area contributed by atoms with Gasteiger partial charge in [0, 0.05) is 5.56 Å². The third kappa shape index (κ3) is 2.45. The second kappa shape index (κ2) is 4.63. The quantitative estimate of drug-likeness (QED) is 0.538. The second-order valence-corrected chi connectivity index (χ2v) is 1.68. The van der Waals surface area contributed by atoms with Gasteiger partial charge in [0.15, 0.2) is 0 Å². The minimum absolute atomic E-state index is 0. The number of carbonyl (C=O) groups excluding carboxylic acids is 1. The van der Waals surface area contributed by atoms with Gasteiger partial charge in [0.25, 0.3) is 0 Å². The number of furan rings is 1. The van der Waals surface area contributed by atoms with Crippen molar-refractivity contribution in [2.75, 3.05) is 0 Å². The summed E-state index contributed by atoms with van der Waals surface area (Å²) in [6.45, 7) is 1.57. The van der Waals surface area contributed by atoms with Gasteiger partial charge < -0.3 is 14.3 Å². The fraction of sp³-hybridized carbons (Fsp3) is 0.167. The van der Waals surface area contributed by atoms with Crippen LogP contribution in [0, 0.1) is 6.92 Å². The standard InChI is InChI=1S/C6H6O3.Cs/c1-4-5(6(7)8)2-3-9-4;/h2-3H,1H3,(H,7,8);/q;+1/p-1. The topological polar surface area (TPSA) is 53.3 Å². The van der Waals surface area contributed by atoms with E-state index in [0.717, 1.165) is 0 Å². The zero-order valence-corrected chi connectivity index (χ0v) is 12.2. The minimum Gasteiger partial charge on any atom is -0.545 e. The van der Waals surface area contributed by atoms with Crippen molar-refractivity contribution < 1.29 is 83.2 Å². The molecule has 0 unspecified atom stereocenters. The fourth-order valence-electron chi connectivity index (χ4n) is 0.597. The molecule has 1 aromatic heterocycles. The largest absolute Gasteiger partial charge is 1.00 e. The Labute approximate surface area is 117 Å². The van der Waals surface area contributed by atoms with Gasteiger partial charge in [-0.3, -0.25) is 0 Å². The van der Waals surface area contributed by atoms with E-state index in [1.54, 1.807) is 6.92 Å². The zero-order chi connectivity index (χ0) is 6.85. The summed E-state index contributed by atoms with van der Waals surface area (Å²) in [4.78, 5) is 10.1. The molecule has 0 bridgehead atoms. The van der Waals surface area contributed by atoms with Gasteiger partial charge in [0.05, 0.1) is 12.2 Å². The van der Waals surface area contributed by atoms with Crippen LogP contribution in [0.4, 0.5) is 0 Å². The number of rotatable bonds is 1. The first-order valence-corrected chi connectivity index (χ1v) is 2.47. The van der Waals surface area contributed by atoms with Crippen molar-refractivity contribution in [1.82, 2.24) is 0 Å². The van der Waals surface area contributed by atoms with Gasteiger partial charge in [-0.25, -0.2) is 0 Å². The molecule has 0 saturated heterocycles. The maximum atomic E-state index is 10.1. The zero-order valence-electron chi connectivity index (χ0n) is 5.88. The molecule has 48 valence electrons. The van der Waals surface area contributed by atoms with Gasteiger partial charge >= 0.3 is 68.9 Å². The molecular formula is C6H5CsO3. The Balaban J connectivity index is 0.000000810. The SMILES string of the molecule is Cc1occc1C(=O)[O-].[Cs+]. The van der Waals surface area contributed by atoms with Gasteiger partial charge in [0.1, 0.15) is 5.76 Å². The number of carboxylic acid groups (broad SMARTS) is 1. The molecule has 0 atom stereocenters. The Morgan fingerprint density at radius 2 is 2.30 bits per heavy atom. The minimum atomic E-state index is -1.19. The average molecular weight is 258 g/mol. The van der Waals surface area contributed by atoms with Crippen LogP contribution in [0.2, 0.25) is 0 Å². The van der Waals surface area contributed by atoms with E-state index in [4.69, 9.17) is 4.42 Å². The molecule has 1 aromatic rings. The van der Waals surface area contributed by atoms with Crippen LogP contribution < -0.4 is 74.0 Å². The third-order valence-electron chi connectivity index (χ3n) is 1.08. The van der Waals surface area contributed by atoms with E-state index < -0.39 is 5.97 Å². The van der Waals surface area contributed by atoms with Crippen molar-refractivity contribution in [2.24, 2.45) is 0 Å². The number of carboxylic acids is 1. The molecule has 0 spiro atoms. The summed E-state index contributed by atoms with van der Waals surface area (Å²) < 4.78 is 4.70. The van der Waals surface area contributed by atoms with E-state index in [1.807, 2.05) is 0 Å². The van der Waals surface area contributed by atoms with Crippen molar-refractivity contribution in [2.45, 2.75) is 6.92 Å². The Morgan fingerprint density at radius 1 is 1.70 bits per heavy atom. The maximum Gasteiger partial charge on any atom is 1.00 e. The molecule has 0 aliphatic rings. The molecule has 3 nitrogen and oxygen atoms in total. The van der Waals surface area contributed by atoms with Crippen LogP contribution in [-0.2, 0) is 0 Å². The van der Waals surface area contributed by atoms with Gasteiger partial charge in [0.2, 0.25) is 0 Å². The Bertz CT molecular complexity index is 229. The van der Waals surface area contributed by atoms with Crippen molar-refractivity contribution in [3.63, 3.8) is 0 Å². The summed E-state index contributed by atoms with van der Waals surface area (Å²) in [5, 5.41) is 10.1. The summed E-state index contributed by atoms with van der Waals surface area (Å²) in [5.41, 5.74) is 0.120. The molecule has 0 aliphatic carbocycles. The van der Waals surface area contributed by atoms with Crippen LogP contribution in [0.3, 0.4) is 0 Å². The number of aryl methyl sites for hydroxylation is 1. The number of aromatic carboxylic acids is 1. The molecule has 1 heterocycles. The monoisotopic (exact) mass is 258 g/mol. The molecule has 10 heavy (non-hydrogen) atoms. The van der Waals surface area contributed by atoms with Crippen molar-refractivity contribution in [1.29, 1.82) is 0 Å². The van der Waals surface area contributed by atoms with Crippen LogP contribution in [0.25, 0.3) is 0 Å². The first kappa shape index (κ1) is 10.8. The van der Waals surface area contributed by atoms with Crippen molar-refractivity contribution >= 4 is 5.97 Å². The first-order valence-electron chi connectivity index (χ1n) is 2.47. The van der Waals surface area contributed by atoms with Gasteiger partial charge in [-0.1, -0.05) is 0 Å². The predicted molar refractivity (Wildman–Crippen MR) is 27.8 cm³/mol. The normalized spacial score (nSPS) is 8.50. The molecule has 4 heteroatoms. The van der Waals surface area contributed by atoms with E-state index in [2.05, 4.69) is 0 Å². The van der Waals surface area contributed by atoms with Gasteiger partial charge in [-0.2, -0.15) is 0 Å². The van der Waals surface area contributed by atoms with E-state index in [0.29, 0.717) is 5.76 Å². The Hall–Kier alpha value is 0.802. The van der Waals surface area contributed by atoms with Crippen LogP contribution in [0.1, 0.15) is 16.1 Å². The predicted octanol–water partition coefficient (Wildman–Crippen LogP) is -3.04. The number of hydrogen-bond donors (Lipinski definition) is 0. The third-order valence-corrected chi connectivity index (χ3v) is 1.08. The summed E-state index contributed by atoms with van der Waals surface area (Å²) in [6, 6.07) is 1.37. The molecule has 0 aromatic carbocycles. The van der Waals surface area contributed by atoms with Crippen LogP contribution >= 0.6 is 0 Å². The van der Waals surface area contributed by atoms with E-state index >= 15 is 0 Å². The first-order chi connectivity index (χ1) is 4.22. The Kier molecular flexibility index (Phi) is 5.01. The second-order valence-electron chi connectivity index (χ2n) is 1.68. The van der Waals surface area contributed by atoms with Crippen molar-refractivity contribution in [3.05, 3.63) is 23.7 Å². The molecule has 0 fully saturated rings. The Morgan fingerprint density at radius 3 is 2.50 bits per heavy atom. The number of carbonyl (C=O) groups is 1. The fourth-order valence-corrected chi connectivity index (χ4v) is 0.597. The molecule has 0 aliphatic heterocycles. The average Bonchev–Trinajstić information content (AvgIpc) is 2.13. The summed E-state index contributed by atoms with van der Waals surface area (Å²) >= 11 is 0. The van der Waals surface area contributed by atoms with Gasteiger partial charge in [-0.05, 0) is 13.0 Å². The van der Waals surface area contributed by atoms with E-state index in [-0.39, 0.29) is 74.5 Å². The molecule has 0 amide bonds. The summed E-state index contributed by atoms with van der Waals surface area (Å²) in [7, 11) is 0. The van der Waals surface area contributed by atoms with Crippen molar-refractivity contribution in [3.8, 4) is 0 Å². The molecule has 0 saturated carbocycles. The van der Waals surface area contributed by atoms with E-state index in [9.17, 15) is 9.90 Å². The van der Waals surface area contributed by atoms with Crippen LogP contribution in [0.15, 0.2) is 16.7 Å². The van der Waals surface area contributed by atoms with Crippen LogP contribution in [0.5, 0.6) is 0 Å². The molecular weight excluding hydrogens is 253 g/mol. The van der Waals surface area contributed by atoms with E-state index in [1.165, 1.54) is 12.3 Å². The summed E-state index contributed by atoms with van der Waals surface area (Å²) in [6.07, 6.45) is 1.32. The maximum absolute atomic E-state index is 10.1.